The Hall–Kier alpha value is -0.550. The number of benzene rings is 1. The molecule has 0 bridgehead atoms. The average molecular weight is 292 g/mol. The molecule has 0 amide bonds. The fourth-order valence-electron chi connectivity index (χ4n) is 1.01. The van der Waals surface area contributed by atoms with E-state index in [4.69, 9.17) is 0 Å². The molecule has 84 valence electrons. The highest BCUT2D eigenvalue weighted by Crippen LogP contribution is 2.20. The van der Waals surface area contributed by atoms with Crippen molar-refractivity contribution in [3.63, 3.8) is 0 Å². The molecule has 0 unspecified atom stereocenters. The van der Waals surface area contributed by atoms with Crippen molar-refractivity contribution < 1.29 is 8.42 Å². The van der Waals surface area contributed by atoms with Crippen LogP contribution in [0.2, 0.25) is 0 Å². The molecule has 1 aromatic carbocycles. The van der Waals surface area contributed by atoms with Crippen LogP contribution in [0.25, 0.3) is 0 Å². The van der Waals surface area contributed by atoms with Gasteiger partial charge in [-0.25, -0.2) is 8.42 Å². The van der Waals surface area contributed by atoms with Crippen molar-refractivity contribution in [1.29, 1.82) is 0 Å². The number of anilines is 1. The van der Waals surface area contributed by atoms with Gasteiger partial charge in [-0.3, -0.25) is 4.72 Å². The third kappa shape index (κ3) is 3.21. The summed E-state index contributed by atoms with van der Waals surface area (Å²) in [4.78, 5) is 0. The first kappa shape index (κ1) is 12.5. The molecule has 3 nitrogen and oxygen atoms in total. The molecule has 0 spiro atoms. The van der Waals surface area contributed by atoms with E-state index in [0.29, 0.717) is 11.0 Å². The van der Waals surface area contributed by atoms with Gasteiger partial charge in [0.1, 0.15) is 0 Å². The number of nitrogens with one attached hydrogen (secondary N) is 1. The standard InChI is InChI=1S/C10H14BrNO2S/c1-8(2)15(13,14)12-10-6-4-3-5-9(10)7-11/h3-6,8,12H,7H2,1-2H3. The highest BCUT2D eigenvalue weighted by Gasteiger charge is 2.16. The average Bonchev–Trinajstić information content (AvgIpc) is 2.18. The zero-order valence-corrected chi connectivity index (χ0v) is 11.1. The topological polar surface area (TPSA) is 46.2 Å². The van der Waals surface area contributed by atoms with Crippen molar-refractivity contribution in [3.8, 4) is 0 Å². The number of alkyl halides is 1. The van der Waals surface area contributed by atoms with Crippen LogP contribution in [0, 0.1) is 0 Å². The SMILES string of the molecule is CC(C)S(=O)(=O)Nc1ccccc1CBr. The lowest BCUT2D eigenvalue weighted by atomic mass is 10.2. The van der Waals surface area contributed by atoms with Crippen LogP contribution in [0.15, 0.2) is 24.3 Å². The van der Waals surface area contributed by atoms with Crippen LogP contribution in [-0.2, 0) is 15.4 Å². The van der Waals surface area contributed by atoms with Gasteiger partial charge < -0.3 is 0 Å². The Balaban J connectivity index is 3.00. The van der Waals surface area contributed by atoms with Crippen LogP contribution < -0.4 is 4.72 Å². The Kier molecular flexibility index (Phi) is 4.16. The Morgan fingerprint density at radius 1 is 1.33 bits per heavy atom. The predicted octanol–water partition coefficient (Wildman–Crippen LogP) is 2.73. The second-order valence-electron chi connectivity index (χ2n) is 3.49. The first-order valence-electron chi connectivity index (χ1n) is 4.63. The zero-order chi connectivity index (χ0) is 11.5. The van der Waals surface area contributed by atoms with Gasteiger partial charge in [-0.05, 0) is 25.5 Å². The Labute approximate surface area is 99.1 Å². The molecule has 0 aliphatic heterocycles. The van der Waals surface area contributed by atoms with Gasteiger partial charge in [0, 0.05) is 5.33 Å². The number of para-hydroxylation sites is 1. The molecule has 1 N–H and O–H groups in total. The molecular weight excluding hydrogens is 278 g/mol. The molecule has 0 atom stereocenters. The van der Waals surface area contributed by atoms with E-state index >= 15 is 0 Å². The highest BCUT2D eigenvalue weighted by molar-refractivity contribution is 9.08. The summed E-state index contributed by atoms with van der Waals surface area (Å²) in [7, 11) is -3.25. The number of halogens is 1. The molecule has 0 saturated carbocycles. The van der Waals surface area contributed by atoms with Gasteiger partial charge in [-0.1, -0.05) is 34.1 Å². The van der Waals surface area contributed by atoms with E-state index in [1.165, 1.54) is 0 Å². The van der Waals surface area contributed by atoms with Gasteiger partial charge in [0.2, 0.25) is 10.0 Å². The lowest BCUT2D eigenvalue weighted by Gasteiger charge is -2.13. The summed E-state index contributed by atoms with van der Waals surface area (Å²) in [5, 5.41) is 0.199. The molecule has 0 fully saturated rings. The van der Waals surface area contributed by atoms with Gasteiger partial charge in [-0.2, -0.15) is 0 Å². The number of hydrogen-bond donors (Lipinski definition) is 1. The third-order valence-corrected chi connectivity index (χ3v) is 4.38. The molecule has 15 heavy (non-hydrogen) atoms. The largest absolute Gasteiger partial charge is 0.283 e. The van der Waals surface area contributed by atoms with Crippen LogP contribution in [0.4, 0.5) is 5.69 Å². The molecular formula is C10H14BrNO2S. The third-order valence-electron chi connectivity index (χ3n) is 2.03. The van der Waals surface area contributed by atoms with E-state index in [2.05, 4.69) is 20.7 Å². The number of hydrogen-bond acceptors (Lipinski definition) is 2. The van der Waals surface area contributed by atoms with E-state index in [1.54, 1.807) is 19.9 Å². The van der Waals surface area contributed by atoms with Crippen molar-refractivity contribution in [2.75, 3.05) is 4.72 Å². The summed E-state index contributed by atoms with van der Waals surface area (Å²) in [6.45, 7) is 3.30. The van der Waals surface area contributed by atoms with E-state index in [9.17, 15) is 8.42 Å². The summed E-state index contributed by atoms with van der Waals surface area (Å²) in [5.74, 6) is 0. The first-order chi connectivity index (χ1) is 6.97. The van der Waals surface area contributed by atoms with Crippen molar-refractivity contribution in [2.24, 2.45) is 0 Å². The maximum Gasteiger partial charge on any atom is 0.235 e. The van der Waals surface area contributed by atoms with E-state index in [1.807, 2.05) is 18.2 Å². The van der Waals surface area contributed by atoms with Crippen LogP contribution in [0.3, 0.4) is 0 Å². The van der Waals surface area contributed by atoms with Crippen LogP contribution in [0.1, 0.15) is 19.4 Å². The molecule has 0 radical (unpaired) electrons. The molecule has 1 aromatic rings. The Bertz CT molecular complexity index is 429. The van der Waals surface area contributed by atoms with Crippen molar-refractivity contribution in [3.05, 3.63) is 29.8 Å². The summed E-state index contributed by atoms with van der Waals surface area (Å²) in [5.41, 5.74) is 1.57. The molecule has 0 heterocycles. The maximum atomic E-state index is 11.6. The van der Waals surface area contributed by atoms with Gasteiger partial charge >= 0.3 is 0 Å². The van der Waals surface area contributed by atoms with Gasteiger partial charge in [-0.15, -0.1) is 0 Å². The van der Waals surface area contributed by atoms with Crippen LogP contribution in [-0.4, -0.2) is 13.7 Å². The summed E-state index contributed by atoms with van der Waals surface area (Å²) >= 11 is 3.32. The van der Waals surface area contributed by atoms with E-state index in [0.717, 1.165) is 5.56 Å². The summed E-state index contributed by atoms with van der Waals surface area (Å²) in [6, 6.07) is 7.33. The van der Waals surface area contributed by atoms with Crippen molar-refractivity contribution in [2.45, 2.75) is 24.4 Å². The van der Waals surface area contributed by atoms with Crippen molar-refractivity contribution in [1.82, 2.24) is 0 Å². The number of sulfonamides is 1. The first-order valence-corrected chi connectivity index (χ1v) is 7.29. The molecule has 0 aromatic heterocycles. The zero-order valence-electron chi connectivity index (χ0n) is 8.70. The molecule has 1 rings (SSSR count). The Morgan fingerprint density at radius 3 is 2.47 bits per heavy atom. The second kappa shape index (κ2) is 4.99. The minimum atomic E-state index is -3.25. The fourth-order valence-corrected chi connectivity index (χ4v) is 2.24. The van der Waals surface area contributed by atoms with Crippen LogP contribution >= 0.6 is 15.9 Å². The summed E-state index contributed by atoms with van der Waals surface area (Å²) in [6.07, 6.45) is 0. The maximum absolute atomic E-state index is 11.6. The van der Waals surface area contributed by atoms with Gasteiger partial charge in [0.05, 0.1) is 10.9 Å². The van der Waals surface area contributed by atoms with Gasteiger partial charge in [0.15, 0.2) is 0 Å². The molecule has 0 aliphatic carbocycles. The second-order valence-corrected chi connectivity index (χ2v) is 6.28. The number of rotatable bonds is 4. The van der Waals surface area contributed by atoms with E-state index in [-0.39, 0.29) is 0 Å². The van der Waals surface area contributed by atoms with Crippen LogP contribution in [0.5, 0.6) is 0 Å². The fraction of sp³-hybridized carbons (Fsp3) is 0.400. The smallest absolute Gasteiger partial charge is 0.235 e. The molecule has 0 aliphatic rings. The predicted molar refractivity (Wildman–Crippen MR) is 66.8 cm³/mol. The minimum Gasteiger partial charge on any atom is -0.283 e. The lowest BCUT2D eigenvalue weighted by molar-refractivity contribution is 0.592. The monoisotopic (exact) mass is 291 g/mol. The molecule has 5 heteroatoms. The van der Waals surface area contributed by atoms with E-state index < -0.39 is 15.3 Å². The minimum absolute atomic E-state index is 0.430. The normalized spacial score (nSPS) is 11.7. The molecule has 0 saturated heterocycles. The van der Waals surface area contributed by atoms with Gasteiger partial charge in [0.25, 0.3) is 0 Å². The Morgan fingerprint density at radius 2 is 1.93 bits per heavy atom. The van der Waals surface area contributed by atoms with Crippen molar-refractivity contribution >= 4 is 31.6 Å². The lowest BCUT2D eigenvalue weighted by Crippen LogP contribution is -2.23. The highest BCUT2D eigenvalue weighted by atomic mass is 79.9. The quantitative estimate of drug-likeness (QED) is 0.867. The summed E-state index contributed by atoms with van der Waals surface area (Å²) < 4.78 is 25.9.